The van der Waals surface area contributed by atoms with Gasteiger partial charge in [0.1, 0.15) is 5.69 Å². The van der Waals surface area contributed by atoms with Crippen molar-refractivity contribution < 1.29 is 13.2 Å². The summed E-state index contributed by atoms with van der Waals surface area (Å²) >= 11 is 6.12. The Kier molecular flexibility index (Phi) is 4.57. The fraction of sp³-hybridized carbons (Fsp3) is 0.0455. The zero-order chi connectivity index (χ0) is 19.9. The van der Waals surface area contributed by atoms with Crippen molar-refractivity contribution in [2.24, 2.45) is 0 Å². The number of aromatic nitrogens is 1. The predicted molar refractivity (Wildman–Crippen MR) is 111 cm³/mol. The Labute approximate surface area is 168 Å². The van der Waals surface area contributed by atoms with E-state index in [0.29, 0.717) is 21.5 Å². The zero-order valence-electron chi connectivity index (χ0n) is 15.0. The molecule has 0 saturated heterocycles. The van der Waals surface area contributed by atoms with Gasteiger partial charge in [-0.1, -0.05) is 60.1 Å². The molecule has 4 aromatic rings. The second kappa shape index (κ2) is 6.93. The molecular formula is C22H16ClNO3S. The van der Waals surface area contributed by atoms with Gasteiger partial charge in [0.2, 0.25) is 5.78 Å². The SMILES string of the molecule is Cc1ccccc1C(=O)c1cc2ccc(Cl)cc2n1S(=O)(=O)c1ccccc1. The molecular weight excluding hydrogens is 394 g/mol. The minimum Gasteiger partial charge on any atom is -0.287 e. The molecule has 0 bridgehead atoms. The molecule has 0 unspecified atom stereocenters. The summed E-state index contributed by atoms with van der Waals surface area (Å²) in [6.45, 7) is 1.82. The van der Waals surface area contributed by atoms with Gasteiger partial charge in [-0.3, -0.25) is 4.79 Å². The van der Waals surface area contributed by atoms with E-state index < -0.39 is 10.0 Å². The van der Waals surface area contributed by atoms with Crippen molar-refractivity contribution in [1.82, 2.24) is 3.97 Å². The zero-order valence-corrected chi connectivity index (χ0v) is 16.5. The molecule has 0 saturated carbocycles. The summed E-state index contributed by atoms with van der Waals surface area (Å²) in [5.74, 6) is -0.357. The van der Waals surface area contributed by atoms with Crippen LogP contribution in [0.4, 0.5) is 0 Å². The molecule has 0 aliphatic heterocycles. The van der Waals surface area contributed by atoms with E-state index in [9.17, 15) is 13.2 Å². The maximum absolute atomic E-state index is 13.4. The predicted octanol–water partition coefficient (Wildman–Crippen LogP) is 5.07. The highest BCUT2D eigenvalue weighted by Gasteiger charge is 2.27. The molecule has 6 heteroatoms. The average Bonchev–Trinajstić information content (AvgIpc) is 3.08. The first kappa shape index (κ1) is 18.5. The van der Waals surface area contributed by atoms with Crippen LogP contribution in [0.15, 0.2) is 83.8 Å². The van der Waals surface area contributed by atoms with Crippen molar-refractivity contribution in [3.8, 4) is 0 Å². The van der Waals surface area contributed by atoms with Gasteiger partial charge in [0.25, 0.3) is 10.0 Å². The maximum Gasteiger partial charge on any atom is 0.268 e. The fourth-order valence-electron chi connectivity index (χ4n) is 3.23. The lowest BCUT2D eigenvalue weighted by Gasteiger charge is -2.12. The quantitative estimate of drug-likeness (QED) is 0.442. The molecule has 0 N–H and O–H groups in total. The molecule has 140 valence electrons. The number of hydrogen-bond acceptors (Lipinski definition) is 3. The van der Waals surface area contributed by atoms with Crippen LogP contribution in [0.5, 0.6) is 0 Å². The van der Waals surface area contributed by atoms with Crippen LogP contribution in [0.3, 0.4) is 0 Å². The summed E-state index contributed by atoms with van der Waals surface area (Å²) in [6, 6.07) is 21.7. The number of benzene rings is 3. The van der Waals surface area contributed by atoms with Crippen molar-refractivity contribution in [2.75, 3.05) is 0 Å². The van der Waals surface area contributed by atoms with Crippen LogP contribution in [0, 0.1) is 6.92 Å². The molecule has 0 aliphatic carbocycles. The minimum atomic E-state index is -4.00. The highest BCUT2D eigenvalue weighted by Crippen LogP contribution is 2.29. The summed E-state index contributed by atoms with van der Waals surface area (Å²) in [6.07, 6.45) is 0. The van der Waals surface area contributed by atoms with E-state index in [1.807, 2.05) is 19.1 Å². The monoisotopic (exact) mass is 409 g/mol. The molecule has 0 spiro atoms. The smallest absolute Gasteiger partial charge is 0.268 e. The Balaban J connectivity index is 2.04. The molecule has 1 heterocycles. The molecule has 0 atom stereocenters. The Hall–Kier alpha value is -2.89. The molecule has 28 heavy (non-hydrogen) atoms. The van der Waals surface area contributed by atoms with E-state index in [1.165, 1.54) is 12.1 Å². The summed E-state index contributed by atoms with van der Waals surface area (Å²) in [5.41, 5.74) is 1.68. The lowest BCUT2D eigenvalue weighted by atomic mass is 10.0. The third-order valence-electron chi connectivity index (χ3n) is 4.63. The van der Waals surface area contributed by atoms with E-state index in [1.54, 1.807) is 54.6 Å². The van der Waals surface area contributed by atoms with Crippen LogP contribution in [-0.2, 0) is 10.0 Å². The Morgan fingerprint density at radius 3 is 2.29 bits per heavy atom. The number of fused-ring (bicyclic) bond motifs is 1. The van der Waals surface area contributed by atoms with Gasteiger partial charge in [-0.15, -0.1) is 0 Å². The van der Waals surface area contributed by atoms with Crippen LogP contribution in [0.2, 0.25) is 5.02 Å². The van der Waals surface area contributed by atoms with Gasteiger partial charge in [-0.25, -0.2) is 12.4 Å². The van der Waals surface area contributed by atoms with Gasteiger partial charge in [-0.2, -0.15) is 0 Å². The van der Waals surface area contributed by atoms with E-state index >= 15 is 0 Å². The van der Waals surface area contributed by atoms with Crippen molar-refractivity contribution in [3.63, 3.8) is 0 Å². The number of halogens is 1. The number of aryl methyl sites for hydroxylation is 1. The molecule has 0 radical (unpaired) electrons. The molecule has 0 amide bonds. The van der Waals surface area contributed by atoms with Crippen LogP contribution in [0.25, 0.3) is 10.9 Å². The van der Waals surface area contributed by atoms with Gasteiger partial charge in [-0.05, 0) is 42.8 Å². The van der Waals surface area contributed by atoms with Gasteiger partial charge in [0.15, 0.2) is 0 Å². The summed E-state index contributed by atoms with van der Waals surface area (Å²) in [7, 11) is -4.00. The second-order valence-electron chi connectivity index (χ2n) is 6.46. The minimum absolute atomic E-state index is 0.0791. The summed E-state index contributed by atoms with van der Waals surface area (Å²) in [5, 5.41) is 1.02. The normalized spacial score (nSPS) is 11.6. The van der Waals surface area contributed by atoms with Crippen LogP contribution < -0.4 is 0 Å². The van der Waals surface area contributed by atoms with Crippen LogP contribution >= 0.6 is 11.6 Å². The summed E-state index contributed by atoms with van der Waals surface area (Å²) in [4.78, 5) is 13.4. The van der Waals surface area contributed by atoms with Gasteiger partial charge in [0, 0.05) is 16.0 Å². The Bertz CT molecular complexity index is 1310. The lowest BCUT2D eigenvalue weighted by Crippen LogP contribution is -2.19. The number of carbonyl (C=O) groups is 1. The third kappa shape index (κ3) is 3.03. The highest BCUT2D eigenvalue weighted by molar-refractivity contribution is 7.90. The number of carbonyl (C=O) groups excluding carboxylic acids is 1. The van der Waals surface area contributed by atoms with Crippen molar-refractivity contribution in [2.45, 2.75) is 11.8 Å². The lowest BCUT2D eigenvalue weighted by molar-refractivity contribution is 0.103. The first-order valence-electron chi connectivity index (χ1n) is 8.61. The maximum atomic E-state index is 13.4. The van der Waals surface area contributed by atoms with E-state index in [-0.39, 0.29) is 16.4 Å². The van der Waals surface area contributed by atoms with Crippen LogP contribution in [0.1, 0.15) is 21.6 Å². The average molecular weight is 410 g/mol. The molecule has 0 aliphatic rings. The number of nitrogens with zero attached hydrogens (tertiary/aromatic N) is 1. The standard InChI is InChI=1S/C22H16ClNO3S/c1-15-7-5-6-10-19(15)22(25)21-13-16-11-12-17(23)14-20(16)24(21)28(26,27)18-8-3-2-4-9-18/h2-14H,1H3. The second-order valence-corrected chi connectivity index (χ2v) is 8.68. The van der Waals surface area contributed by atoms with E-state index in [2.05, 4.69) is 0 Å². The first-order valence-corrected chi connectivity index (χ1v) is 10.4. The third-order valence-corrected chi connectivity index (χ3v) is 6.60. The molecule has 3 aromatic carbocycles. The van der Waals surface area contributed by atoms with Gasteiger partial charge >= 0.3 is 0 Å². The number of rotatable bonds is 4. The van der Waals surface area contributed by atoms with Gasteiger partial charge < -0.3 is 0 Å². The highest BCUT2D eigenvalue weighted by atomic mass is 35.5. The number of hydrogen-bond donors (Lipinski definition) is 0. The first-order chi connectivity index (χ1) is 13.4. The Morgan fingerprint density at radius 1 is 0.893 bits per heavy atom. The molecule has 1 aromatic heterocycles. The van der Waals surface area contributed by atoms with Crippen molar-refractivity contribution in [3.05, 3.63) is 101 Å². The van der Waals surface area contributed by atoms with E-state index in [0.717, 1.165) is 9.54 Å². The van der Waals surface area contributed by atoms with Crippen LogP contribution in [-0.4, -0.2) is 18.2 Å². The Morgan fingerprint density at radius 2 is 1.57 bits per heavy atom. The number of ketones is 1. The van der Waals surface area contributed by atoms with E-state index in [4.69, 9.17) is 11.6 Å². The van der Waals surface area contributed by atoms with Crippen molar-refractivity contribution >= 4 is 38.3 Å². The molecule has 4 nitrogen and oxygen atoms in total. The van der Waals surface area contributed by atoms with Crippen molar-refractivity contribution in [1.29, 1.82) is 0 Å². The molecule has 4 rings (SSSR count). The molecule has 0 fully saturated rings. The topological polar surface area (TPSA) is 56.1 Å². The van der Waals surface area contributed by atoms with Gasteiger partial charge in [0.05, 0.1) is 10.4 Å². The summed E-state index contributed by atoms with van der Waals surface area (Å²) < 4.78 is 28.0. The largest absolute Gasteiger partial charge is 0.287 e. The fourth-order valence-corrected chi connectivity index (χ4v) is 4.92.